The Bertz CT molecular complexity index is 123. The minimum absolute atomic E-state index is 0. The van der Waals surface area contributed by atoms with Gasteiger partial charge in [0.1, 0.15) is 0 Å². The Morgan fingerprint density at radius 1 is 1.55 bits per heavy atom. The van der Waals surface area contributed by atoms with E-state index in [-0.39, 0.29) is 103 Å². The largest absolute Gasteiger partial charge is 1.00 e. The summed E-state index contributed by atoms with van der Waals surface area (Å²) in [5.74, 6) is 0. The van der Waals surface area contributed by atoms with E-state index in [0.717, 1.165) is 0 Å². The van der Waals surface area contributed by atoms with Crippen LogP contribution in [0.5, 0.6) is 0 Å². The summed E-state index contributed by atoms with van der Waals surface area (Å²) in [4.78, 5) is 19.3. The molecule has 0 aromatic rings. The molecule has 0 spiro atoms. The summed E-state index contributed by atoms with van der Waals surface area (Å²) in [5, 5.41) is 8.39. The maximum absolute atomic E-state index is 9.67. The molecule has 0 saturated heterocycles. The number of hydrogen-bond acceptors (Lipinski definition) is 5. The molecule has 0 aliphatic carbocycles. The first kappa shape index (κ1) is 19.8. The molecule has 0 saturated carbocycles. The van der Waals surface area contributed by atoms with Crippen molar-refractivity contribution in [2.45, 2.75) is 13.0 Å². The van der Waals surface area contributed by atoms with Gasteiger partial charge in [-0.3, -0.25) is 0 Å². The van der Waals surface area contributed by atoms with E-state index >= 15 is 0 Å². The predicted molar refractivity (Wildman–Crippen MR) is 25.2 cm³/mol. The molecule has 0 aromatic heterocycles. The van der Waals surface area contributed by atoms with Crippen LogP contribution >= 0.6 is 7.82 Å². The number of aliphatic hydroxyl groups is 1. The van der Waals surface area contributed by atoms with Gasteiger partial charge in [-0.2, -0.15) is 0 Å². The van der Waals surface area contributed by atoms with Crippen molar-refractivity contribution in [3.63, 3.8) is 0 Å². The monoisotopic (exact) mass is 232 g/mol. The number of hydrogen-bond donors (Lipinski definition) is 1. The van der Waals surface area contributed by atoms with Crippen molar-refractivity contribution in [3.8, 4) is 0 Å². The molecule has 1 unspecified atom stereocenters. The Labute approximate surface area is 150 Å². The van der Waals surface area contributed by atoms with Crippen LogP contribution in [0.3, 0.4) is 0 Å². The quantitative estimate of drug-likeness (QED) is 0.385. The van der Waals surface area contributed by atoms with Gasteiger partial charge in [-0.25, -0.2) is 0 Å². The molecule has 0 amide bonds. The van der Waals surface area contributed by atoms with Crippen LogP contribution in [-0.2, 0) is 9.09 Å². The van der Waals surface area contributed by atoms with Crippen LogP contribution < -0.4 is 113 Å². The van der Waals surface area contributed by atoms with E-state index in [0.29, 0.717) is 0 Å². The minimum atomic E-state index is -4.88. The van der Waals surface area contributed by atoms with Gasteiger partial charge in [0.05, 0.1) is 20.5 Å². The summed E-state index contributed by atoms with van der Waals surface area (Å²) in [6, 6.07) is 0. The summed E-state index contributed by atoms with van der Waals surface area (Å²) in [7, 11) is -4.88. The van der Waals surface area contributed by atoms with Gasteiger partial charge >= 0.3 is 103 Å². The summed E-state index contributed by atoms with van der Waals surface area (Å²) in [6.07, 6.45) is -0.929. The molecule has 8 heteroatoms. The summed E-state index contributed by atoms with van der Waals surface area (Å²) >= 11 is 0. The van der Waals surface area contributed by atoms with Gasteiger partial charge in [0.15, 0.2) is 0 Å². The van der Waals surface area contributed by atoms with Crippen LogP contribution in [0.15, 0.2) is 0 Å². The smallest absolute Gasteiger partial charge is 0.790 e. The molecule has 0 bridgehead atoms. The third-order valence-electron chi connectivity index (χ3n) is 0.474. The molecule has 0 aliphatic rings. The second kappa shape index (κ2) is 9.88. The van der Waals surface area contributed by atoms with Gasteiger partial charge < -0.3 is 24.0 Å². The third kappa shape index (κ3) is 19.7. The topological polar surface area (TPSA) is 92.7 Å². The zero-order chi connectivity index (χ0) is 7.49. The molecule has 0 fully saturated rings. The molecule has 11 heavy (non-hydrogen) atoms. The van der Waals surface area contributed by atoms with Gasteiger partial charge in [-0.05, 0) is 6.92 Å². The van der Waals surface area contributed by atoms with Crippen LogP contribution in [0.4, 0.5) is 0 Å². The Morgan fingerprint density at radius 3 is 2.00 bits per heavy atom. The third-order valence-corrected chi connectivity index (χ3v) is 0.939. The van der Waals surface area contributed by atoms with E-state index in [1.165, 1.54) is 6.92 Å². The molecule has 5 nitrogen and oxygen atoms in total. The number of rotatable bonds is 3. The Balaban J connectivity index is -0.000000320. The Kier molecular flexibility index (Phi) is 17.8. The second-order valence-corrected chi connectivity index (χ2v) is 2.74. The van der Waals surface area contributed by atoms with Crippen LogP contribution in [0.1, 0.15) is 6.92 Å². The molecular formula is C3H7K2O5P. The SMILES string of the molecule is CC(O)COP(=O)([O-])[O-].[K+].[K+]. The molecule has 0 aliphatic heterocycles. The first-order valence-corrected chi connectivity index (χ1v) is 3.72. The first-order chi connectivity index (χ1) is 3.92. The van der Waals surface area contributed by atoms with Gasteiger partial charge in [-0.1, -0.05) is 0 Å². The molecule has 0 rings (SSSR count). The van der Waals surface area contributed by atoms with Crippen LogP contribution in [-0.4, -0.2) is 17.8 Å². The van der Waals surface area contributed by atoms with Crippen molar-refractivity contribution in [1.82, 2.24) is 0 Å². The van der Waals surface area contributed by atoms with Crippen molar-refractivity contribution in [3.05, 3.63) is 0 Å². The predicted octanol–water partition coefficient (Wildman–Crippen LogP) is -7.78. The zero-order valence-electron chi connectivity index (χ0n) is 6.81. The average molecular weight is 232 g/mol. The normalized spacial score (nSPS) is 12.7. The number of phosphoric ester groups is 1. The van der Waals surface area contributed by atoms with Crippen LogP contribution in [0.2, 0.25) is 0 Å². The Hall–Kier alpha value is 3.34. The molecule has 1 N–H and O–H groups in total. The van der Waals surface area contributed by atoms with Crippen molar-refractivity contribution < 1.29 is 127 Å². The maximum atomic E-state index is 9.67. The fraction of sp³-hybridized carbons (Fsp3) is 1.00. The van der Waals surface area contributed by atoms with Gasteiger partial charge in [0, 0.05) is 0 Å². The molecule has 0 aromatic carbocycles. The maximum Gasteiger partial charge on any atom is 1.00 e. The fourth-order valence-corrected chi connectivity index (χ4v) is 0.597. The van der Waals surface area contributed by atoms with Gasteiger partial charge in [0.2, 0.25) is 0 Å². The summed E-state index contributed by atoms with van der Waals surface area (Å²) in [6.45, 7) is 0.847. The fourth-order valence-electron chi connectivity index (χ4n) is 0.199. The van der Waals surface area contributed by atoms with Crippen molar-refractivity contribution >= 4 is 7.82 Å². The van der Waals surface area contributed by atoms with Crippen LogP contribution in [0.25, 0.3) is 0 Å². The average Bonchev–Trinajstić information content (AvgIpc) is 1.59. The summed E-state index contributed by atoms with van der Waals surface area (Å²) in [5.41, 5.74) is 0. The zero-order valence-corrected chi connectivity index (χ0v) is 14.0. The Morgan fingerprint density at radius 2 is 1.91 bits per heavy atom. The molecule has 56 valence electrons. The molecule has 0 radical (unpaired) electrons. The van der Waals surface area contributed by atoms with Crippen molar-refractivity contribution in [2.24, 2.45) is 0 Å². The van der Waals surface area contributed by atoms with E-state index in [1.807, 2.05) is 0 Å². The summed E-state index contributed by atoms with van der Waals surface area (Å²) < 4.78 is 13.4. The molecule has 0 heterocycles. The molecule has 1 atom stereocenters. The first-order valence-electron chi connectivity index (χ1n) is 2.26. The van der Waals surface area contributed by atoms with E-state index in [1.54, 1.807) is 0 Å². The number of phosphoric acid groups is 1. The molecular weight excluding hydrogens is 225 g/mol. The standard InChI is InChI=1S/C3H9O5P.2K/c1-3(4)2-8-9(5,6)7;;/h3-4H,2H2,1H3,(H2,5,6,7);;/q;2*+1/p-2. The minimum Gasteiger partial charge on any atom is -0.790 e. The second-order valence-electron chi connectivity index (χ2n) is 1.59. The van der Waals surface area contributed by atoms with E-state index in [2.05, 4.69) is 4.52 Å². The van der Waals surface area contributed by atoms with Crippen molar-refractivity contribution in [2.75, 3.05) is 6.61 Å². The van der Waals surface area contributed by atoms with Gasteiger partial charge in [0.25, 0.3) is 0 Å². The van der Waals surface area contributed by atoms with Gasteiger partial charge in [-0.15, -0.1) is 0 Å². The van der Waals surface area contributed by atoms with Crippen molar-refractivity contribution in [1.29, 1.82) is 0 Å². The van der Waals surface area contributed by atoms with E-state index in [9.17, 15) is 14.4 Å². The van der Waals surface area contributed by atoms with E-state index in [4.69, 9.17) is 5.11 Å². The van der Waals surface area contributed by atoms with E-state index < -0.39 is 20.5 Å². The van der Waals surface area contributed by atoms with Crippen LogP contribution in [0, 0.1) is 0 Å². The number of aliphatic hydroxyl groups excluding tert-OH is 1.